The molecule has 0 saturated heterocycles. The topological polar surface area (TPSA) is 58.6 Å². The molecule has 14 heavy (non-hydrogen) atoms. The van der Waals surface area contributed by atoms with Crippen molar-refractivity contribution in [2.75, 3.05) is 0 Å². The minimum absolute atomic E-state index is 0.427. The van der Waals surface area contributed by atoms with Gasteiger partial charge in [-0.25, -0.2) is 0 Å². The number of hydrogen-bond donors (Lipinski definition) is 1. The minimum Gasteiger partial charge on any atom is -0.296 e. The van der Waals surface area contributed by atoms with Gasteiger partial charge in [0.2, 0.25) is 0 Å². The second kappa shape index (κ2) is 3.83. The first-order valence-electron chi connectivity index (χ1n) is 4.28. The van der Waals surface area contributed by atoms with Crippen molar-refractivity contribution in [3.63, 3.8) is 0 Å². The van der Waals surface area contributed by atoms with Gasteiger partial charge >= 0.3 is 0 Å². The molecule has 70 valence electrons. The number of carbonyl (C=O) groups excluding carboxylic acids is 1. The van der Waals surface area contributed by atoms with Crippen LogP contribution in [0.4, 0.5) is 0 Å². The first kappa shape index (κ1) is 8.62. The molecule has 0 aromatic carbocycles. The lowest BCUT2D eigenvalue weighted by atomic mass is 10.2. The van der Waals surface area contributed by atoms with Gasteiger partial charge in [-0.2, -0.15) is 5.10 Å². The summed E-state index contributed by atoms with van der Waals surface area (Å²) in [4.78, 5) is 14.5. The van der Waals surface area contributed by atoms with Crippen molar-refractivity contribution < 1.29 is 4.79 Å². The molecule has 0 radical (unpaired) electrons. The van der Waals surface area contributed by atoms with E-state index in [2.05, 4.69) is 15.2 Å². The fourth-order valence-electron chi connectivity index (χ4n) is 1.23. The molecule has 0 saturated carbocycles. The number of rotatable bonds is 3. The maximum absolute atomic E-state index is 10.4. The Morgan fingerprint density at radius 3 is 3.00 bits per heavy atom. The second-order valence-electron chi connectivity index (χ2n) is 2.93. The Kier molecular flexibility index (Phi) is 2.36. The van der Waals surface area contributed by atoms with Crippen LogP contribution in [0.1, 0.15) is 21.9 Å². The van der Waals surface area contributed by atoms with Crippen molar-refractivity contribution in [1.82, 2.24) is 15.2 Å². The molecule has 0 amide bonds. The Morgan fingerprint density at radius 1 is 1.43 bits per heavy atom. The fourth-order valence-corrected chi connectivity index (χ4v) is 1.23. The minimum atomic E-state index is 0.427. The van der Waals surface area contributed by atoms with E-state index in [0.717, 1.165) is 17.7 Å². The van der Waals surface area contributed by atoms with Gasteiger partial charge < -0.3 is 0 Å². The smallest absolute Gasteiger partial charge is 0.170 e. The highest BCUT2D eigenvalue weighted by molar-refractivity contribution is 5.71. The summed E-state index contributed by atoms with van der Waals surface area (Å²) in [5.41, 5.74) is 2.27. The van der Waals surface area contributed by atoms with Crippen LogP contribution in [0.15, 0.2) is 30.5 Å². The van der Waals surface area contributed by atoms with Crippen LogP contribution in [0.2, 0.25) is 0 Å². The number of nitrogens with one attached hydrogen (secondary N) is 1. The Labute approximate surface area is 81.0 Å². The van der Waals surface area contributed by atoms with Crippen molar-refractivity contribution in [3.05, 3.63) is 47.5 Å². The third-order valence-corrected chi connectivity index (χ3v) is 1.87. The van der Waals surface area contributed by atoms with E-state index in [1.807, 2.05) is 18.2 Å². The Hall–Kier alpha value is -1.97. The number of H-pyrrole nitrogens is 1. The summed E-state index contributed by atoms with van der Waals surface area (Å²) >= 11 is 0. The zero-order valence-electron chi connectivity index (χ0n) is 7.47. The van der Waals surface area contributed by atoms with E-state index in [0.29, 0.717) is 12.1 Å². The number of aromatic amines is 1. The second-order valence-corrected chi connectivity index (χ2v) is 2.93. The van der Waals surface area contributed by atoms with Crippen LogP contribution >= 0.6 is 0 Å². The van der Waals surface area contributed by atoms with Crippen molar-refractivity contribution in [1.29, 1.82) is 0 Å². The third kappa shape index (κ3) is 1.85. The summed E-state index contributed by atoms with van der Waals surface area (Å²) in [6.07, 6.45) is 3.13. The van der Waals surface area contributed by atoms with E-state index in [4.69, 9.17) is 0 Å². The number of hydrogen-bond acceptors (Lipinski definition) is 3. The highest BCUT2D eigenvalue weighted by Crippen LogP contribution is 2.04. The first-order valence-corrected chi connectivity index (χ1v) is 4.28. The van der Waals surface area contributed by atoms with Gasteiger partial charge in [0, 0.05) is 24.0 Å². The average Bonchev–Trinajstić information content (AvgIpc) is 2.67. The predicted molar refractivity (Wildman–Crippen MR) is 51.0 cm³/mol. The molecule has 4 nitrogen and oxygen atoms in total. The van der Waals surface area contributed by atoms with E-state index in [-0.39, 0.29) is 0 Å². The van der Waals surface area contributed by atoms with Crippen LogP contribution in [0, 0.1) is 0 Å². The molecule has 0 bridgehead atoms. The normalized spacial score (nSPS) is 10.0. The van der Waals surface area contributed by atoms with Crippen LogP contribution < -0.4 is 0 Å². The zero-order valence-corrected chi connectivity index (χ0v) is 7.47. The summed E-state index contributed by atoms with van der Waals surface area (Å²) < 4.78 is 0. The van der Waals surface area contributed by atoms with Gasteiger partial charge in [-0.3, -0.25) is 14.9 Å². The summed E-state index contributed by atoms with van der Waals surface area (Å²) in [6.45, 7) is 0. The largest absolute Gasteiger partial charge is 0.296 e. The number of nitrogens with zero attached hydrogens (tertiary/aromatic N) is 2. The average molecular weight is 187 g/mol. The van der Waals surface area contributed by atoms with Crippen LogP contribution in [0.25, 0.3) is 0 Å². The molecule has 0 aliphatic rings. The molecule has 4 heteroatoms. The predicted octanol–water partition coefficient (Wildman–Crippen LogP) is 1.21. The molecule has 2 aromatic heterocycles. The van der Waals surface area contributed by atoms with Crippen molar-refractivity contribution >= 4 is 6.29 Å². The monoisotopic (exact) mass is 187 g/mol. The summed E-state index contributed by atoms with van der Waals surface area (Å²) in [6, 6.07) is 7.45. The molecule has 0 unspecified atom stereocenters. The number of aromatic nitrogens is 3. The van der Waals surface area contributed by atoms with Gasteiger partial charge in [0.15, 0.2) is 6.29 Å². The standard InChI is InChI=1S/C10H9N3O/c14-7-10-6-9(12-13-10)5-8-3-1-2-4-11-8/h1-4,6-7H,5H2,(H,12,13). The van der Waals surface area contributed by atoms with Crippen molar-refractivity contribution in [2.45, 2.75) is 6.42 Å². The molecule has 1 N–H and O–H groups in total. The number of carbonyl (C=O) groups is 1. The van der Waals surface area contributed by atoms with Gasteiger partial charge in [-0.15, -0.1) is 0 Å². The molecule has 0 atom stereocenters. The van der Waals surface area contributed by atoms with Crippen molar-refractivity contribution in [3.8, 4) is 0 Å². The summed E-state index contributed by atoms with van der Waals surface area (Å²) in [7, 11) is 0. The first-order chi connectivity index (χ1) is 6.88. The van der Waals surface area contributed by atoms with Crippen LogP contribution in [0.3, 0.4) is 0 Å². The zero-order chi connectivity index (χ0) is 9.80. The summed E-state index contributed by atoms with van der Waals surface area (Å²) in [5, 5.41) is 6.59. The quantitative estimate of drug-likeness (QED) is 0.734. The molecule has 0 aliphatic carbocycles. The maximum Gasteiger partial charge on any atom is 0.170 e. The van der Waals surface area contributed by atoms with Gasteiger partial charge in [0.05, 0.1) is 0 Å². The van der Waals surface area contributed by atoms with E-state index >= 15 is 0 Å². The van der Waals surface area contributed by atoms with Crippen LogP contribution in [0.5, 0.6) is 0 Å². The summed E-state index contributed by atoms with van der Waals surface area (Å²) in [5.74, 6) is 0. The van der Waals surface area contributed by atoms with Gasteiger partial charge in [0.25, 0.3) is 0 Å². The number of pyridine rings is 1. The van der Waals surface area contributed by atoms with Gasteiger partial charge in [-0.1, -0.05) is 6.07 Å². The Balaban J connectivity index is 2.15. The molecule has 0 fully saturated rings. The lowest BCUT2D eigenvalue weighted by Crippen LogP contribution is -1.90. The highest BCUT2D eigenvalue weighted by Gasteiger charge is 2.01. The van der Waals surface area contributed by atoms with Crippen LogP contribution in [-0.2, 0) is 6.42 Å². The Morgan fingerprint density at radius 2 is 2.36 bits per heavy atom. The lowest BCUT2D eigenvalue weighted by molar-refractivity contribution is 0.111. The molecule has 2 aromatic rings. The molecule has 2 heterocycles. The molecule has 2 rings (SSSR count). The SMILES string of the molecule is O=Cc1cc(Cc2ccccn2)[nH]n1. The molecule has 0 aliphatic heterocycles. The van der Waals surface area contributed by atoms with Gasteiger partial charge in [-0.05, 0) is 18.2 Å². The third-order valence-electron chi connectivity index (χ3n) is 1.87. The van der Waals surface area contributed by atoms with Crippen LogP contribution in [-0.4, -0.2) is 21.5 Å². The maximum atomic E-state index is 10.4. The molecule has 0 spiro atoms. The van der Waals surface area contributed by atoms with E-state index < -0.39 is 0 Å². The van der Waals surface area contributed by atoms with Gasteiger partial charge in [0.1, 0.15) is 5.69 Å². The fraction of sp³-hybridized carbons (Fsp3) is 0.100. The number of aldehydes is 1. The molecular formula is C10H9N3O. The van der Waals surface area contributed by atoms with E-state index in [9.17, 15) is 4.79 Å². The van der Waals surface area contributed by atoms with E-state index in [1.165, 1.54) is 0 Å². The van der Waals surface area contributed by atoms with Crippen molar-refractivity contribution in [2.24, 2.45) is 0 Å². The Bertz CT molecular complexity index is 422. The molecular weight excluding hydrogens is 178 g/mol. The lowest BCUT2D eigenvalue weighted by Gasteiger charge is -1.95. The highest BCUT2D eigenvalue weighted by atomic mass is 16.1. The van der Waals surface area contributed by atoms with E-state index in [1.54, 1.807) is 12.3 Å².